The van der Waals surface area contributed by atoms with Gasteiger partial charge in [-0.25, -0.2) is 0 Å². The van der Waals surface area contributed by atoms with E-state index < -0.39 is 0 Å². The number of carbonyl (C=O) groups excluding carboxylic acids is 1. The molecule has 1 aliphatic rings. The van der Waals surface area contributed by atoms with Gasteiger partial charge in [0.05, 0.1) is 0 Å². The minimum absolute atomic E-state index is 0.172. The maximum absolute atomic E-state index is 12.6. The Labute approximate surface area is 138 Å². The molecule has 0 bridgehead atoms. The van der Waals surface area contributed by atoms with E-state index in [0.717, 1.165) is 18.4 Å². The maximum Gasteiger partial charge on any atom is 0.276 e. The van der Waals surface area contributed by atoms with Crippen molar-refractivity contribution >= 4 is 5.91 Å². The number of hydrogen-bond acceptors (Lipinski definition) is 6. The Kier molecular flexibility index (Phi) is 3.60. The number of carbonyl (C=O) groups is 1. The van der Waals surface area contributed by atoms with E-state index in [9.17, 15) is 4.79 Å². The zero-order chi connectivity index (χ0) is 16.5. The molecular formula is C17H16N4O3. The van der Waals surface area contributed by atoms with E-state index in [1.807, 2.05) is 30.3 Å². The highest BCUT2D eigenvalue weighted by atomic mass is 16.5. The molecule has 1 amide bonds. The summed E-state index contributed by atoms with van der Waals surface area (Å²) in [6.45, 7) is 2.40. The lowest BCUT2D eigenvalue weighted by Crippen LogP contribution is -2.31. The van der Waals surface area contributed by atoms with Crippen LogP contribution in [0.5, 0.6) is 0 Å². The number of aryl methyl sites for hydroxylation is 1. The van der Waals surface area contributed by atoms with Gasteiger partial charge in [-0.2, -0.15) is 0 Å². The molecule has 3 heterocycles. The van der Waals surface area contributed by atoms with Crippen LogP contribution in [0, 0.1) is 6.92 Å². The normalized spacial score (nSPS) is 17.4. The largest absolute Gasteiger partial charge is 0.418 e. The Morgan fingerprint density at radius 3 is 2.83 bits per heavy atom. The summed E-state index contributed by atoms with van der Waals surface area (Å²) in [7, 11) is 0. The van der Waals surface area contributed by atoms with Gasteiger partial charge in [0, 0.05) is 18.2 Å². The summed E-state index contributed by atoms with van der Waals surface area (Å²) in [5, 5.41) is 12.1. The van der Waals surface area contributed by atoms with Crippen LogP contribution < -0.4 is 0 Å². The quantitative estimate of drug-likeness (QED) is 0.736. The molecule has 1 aliphatic heterocycles. The number of amides is 1. The monoisotopic (exact) mass is 324 g/mol. The summed E-state index contributed by atoms with van der Waals surface area (Å²) in [6, 6.07) is 11.0. The van der Waals surface area contributed by atoms with Gasteiger partial charge in [-0.15, -0.1) is 10.2 Å². The van der Waals surface area contributed by atoms with Crippen molar-refractivity contribution in [1.29, 1.82) is 0 Å². The number of aromatic nitrogens is 3. The first-order valence-electron chi connectivity index (χ1n) is 7.85. The number of hydrogen-bond donors (Lipinski definition) is 0. The average Bonchev–Trinajstić information content (AvgIpc) is 3.34. The van der Waals surface area contributed by atoms with E-state index >= 15 is 0 Å². The minimum Gasteiger partial charge on any atom is -0.418 e. The summed E-state index contributed by atoms with van der Waals surface area (Å²) in [5.41, 5.74) is 1.17. The third-order valence-electron chi connectivity index (χ3n) is 4.11. The highest BCUT2D eigenvalue weighted by molar-refractivity contribution is 5.92. The second-order valence-electron chi connectivity index (χ2n) is 5.79. The molecule has 1 aromatic carbocycles. The van der Waals surface area contributed by atoms with Crippen molar-refractivity contribution in [2.24, 2.45) is 0 Å². The molecule has 1 unspecified atom stereocenters. The van der Waals surface area contributed by atoms with Crippen molar-refractivity contribution < 1.29 is 13.7 Å². The molecule has 1 fully saturated rings. The van der Waals surface area contributed by atoms with E-state index in [0.29, 0.717) is 29.8 Å². The fourth-order valence-electron chi connectivity index (χ4n) is 2.95. The zero-order valence-corrected chi connectivity index (χ0v) is 13.2. The van der Waals surface area contributed by atoms with Crippen molar-refractivity contribution in [2.45, 2.75) is 25.8 Å². The van der Waals surface area contributed by atoms with E-state index in [1.165, 1.54) is 0 Å². The van der Waals surface area contributed by atoms with Gasteiger partial charge in [-0.05, 0) is 31.9 Å². The lowest BCUT2D eigenvalue weighted by atomic mass is 10.2. The molecule has 122 valence electrons. The van der Waals surface area contributed by atoms with Gasteiger partial charge in [-0.3, -0.25) is 4.79 Å². The van der Waals surface area contributed by atoms with E-state index in [-0.39, 0.29) is 11.9 Å². The Balaban J connectivity index is 1.59. The molecule has 0 radical (unpaired) electrons. The fraction of sp³-hybridized carbons (Fsp3) is 0.294. The second kappa shape index (κ2) is 5.92. The maximum atomic E-state index is 12.6. The smallest absolute Gasteiger partial charge is 0.276 e. The first kappa shape index (κ1) is 14.6. The van der Waals surface area contributed by atoms with Gasteiger partial charge in [0.2, 0.25) is 11.8 Å². The SMILES string of the molecule is Cc1cc(C(=O)N2CCCC2c2nnc(-c3ccccc3)o2)no1. The molecule has 7 heteroatoms. The van der Waals surface area contributed by atoms with Gasteiger partial charge in [0.1, 0.15) is 11.8 Å². The Bertz CT molecular complexity index is 856. The molecule has 24 heavy (non-hydrogen) atoms. The van der Waals surface area contributed by atoms with Crippen LogP contribution in [0.25, 0.3) is 11.5 Å². The third kappa shape index (κ3) is 2.58. The van der Waals surface area contributed by atoms with E-state index in [1.54, 1.807) is 17.9 Å². The summed E-state index contributed by atoms with van der Waals surface area (Å²) >= 11 is 0. The zero-order valence-electron chi connectivity index (χ0n) is 13.2. The molecule has 0 spiro atoms. The molecule has 4 rings (SSSR count). The lowest BCUT2D eigenvalue weighted by molar-refractivity contribution is 0.0705. The molecule has 2 aromatic heterocycles. The number of nitrogens with zero attached hydrogens (tertiary/aromatic N) is 4. The van der Waals surface area contributed by atoms with Crippen molar-refractivity contribution in [3.05, 3.63) is 53.7 Å². The van der Waals surface area contributed by atoms with Crippen LogP contribution in [0.1, 0.15) is 41.0 Å². The van der Waals surface area contributed by atoms with Gasteiger partial charge in [-0.1, -0.05) is 23.4 Å². The molecule has 1 atom stereocenters. The van der Waals surface area contributed by atoms with Crippen molar-refractivity contribution in [3.8, 4) is 11.5 Å². The highest BCUT2D eigenvalue weighted by Gasteiger charge is 2.35. The Morgan fingerprint density at radius 2 is 2.08 bits per heavy atom. The first-order valence-corrected chi connectivity index (χ1v) is 7.85. The van der Waals surface area contributed by atoms with Crippen LogP contribution in [-0.2, 0) is 0 Å². The molecule has 1 saturated heterocycles. The molecular weight excluding hydrogens is 308 g/mol. The molecule has 0 aliphatic carbocycles. The van der Waals surface area contributed by atoms with Gasteiger partial charge >= 0.3 is 0 Å². The van der Waals surface area contributed by atoms with E-state index in [2.05, 4.69) is 15.4 Å². The fourth-order valence-corrected chi connectivity index (χ4v) is 2.95. The molecule has 0 N–H and O–H groups in total. The van der Waals surface area contributed by atoms with Crippen LogP contribution in [0.15, 0.2) is 45.3 Å². The second-order valence-corrected chi connectivity index (χ2v) is 5.79. The standard InChI is InChI=1S/C17H16N4O3/c1-11-10-13(20-24-11)17(22)21-9-5-8-14(21)16-19-18-15(23-16)12-6-3-2-4-7-12/h2-4,6-7,10,14H,5,8-9H2,1H3. The molecule has 7 nitrogen and oxygen atoms in total. The third-order valence-corrected chi connectivity index (χ3v) is 4.11. The summed E-state index contributed by atoms with van der Waals surface area (Å²) in [5.74, 6) is 1.36. The topological polar surface area (TPSA) is 85.3 Å². The van der Waals surface area contributed by atoms with Crippen molar-refractivity contribution in [1.82, 2.24) is 20.3 Å². The minimum atomic E-state index is -0.223. The summed E-state index contributed by atoms with van der Waals surface area (Å²) in [6.07, 6.45) is 1.68. The Morgan fingerprint density at radius 1 is 1.25 bits per heavy atom. The Hall–Kier alpha value is -2.96. The lowest BCUT2D eigenvalue weighted by Gasteiger charge is -2.20. The average molecular weight is 324 g/mol. The molecule has 0 saturated carbocycles. The number of likely N-dealkylation sites (tertiary alicyclic amines) is 1. The van der Waals surface area contributed by atoms with Gasteiger partial charge < -0.3 is 13.8 Å². The van der Waals surface area contributed by atoms with Crippen LogP contribution in [-0.4, -0.2) is 32.7 Å². The van der Waals surface area contributed by atoms with Crippen molar-refractivity contribution in [3.63, 3.8) is 0 Å². The number of benzene rings is 1. The van der Waals surface area contributed by atoms with Crippen LogP contribution in [0.4, 0.5) is 0 Å². The summed E-state index contributed by atoms with van der Waals surface area (Å²) < 4.78 is 10.8. The van der Waals surface area contributed by atoms with Crippen LogP contribution in [0.2, 0.25) is 0 Å². The predicted octanol–water partition coefficient (Wildman–Crippen LogP) is 3.01. The van der Waals surface area contributed by atoms with Gasteiger partial charge in [0.15, 0.2) is 5.69 Å². The van der Waals surface area contributed by atoms with E-state index in [4.69, 9.17) is 8.94 Å². The van der Waals surface area contributed by atoms with Crippen molar-refractivity contribution in [2.75, 3.05) is 6.54 Å². The van der Waals surface area contributed by atoms with Gasteiger partial charge in [0.25, 0.3) is 5.91 Å². The van der Waals surface area contributed by atoms with Crippen LogP contribution in [0.3, 0.4) is 0 Å². The predicted molar refractivity (Wildman–Crippen MR) is 84.0 cm³/mol. The van der Waals surface area contributed by atoms with Crippen LogP contribution >= 0.6 is 0 Å². The number of rotatable bonds is 3. The first-order chi connectivity index (χ1) is 11.7. The summed E-state index contributed by atoms with van der Waals surface area (Å²) in [4.78, 5) is 14.4. The highest BCUT2D eigenvalue weighted by Crippen LogP contribution is 2.33. The molecule has 3 aromatic rings.